The van der Waals surface area contributed by atoms with Crippen molar-refractivity contribution in [2.75, 3.05) is 6.54 Å². The van der Waals surface area contributed by atoms with Gasteiger partial charge in [-0.2, -0.15) is 0 Å². The molecule has 0 unspecified atom stereocenters. The number of nitrogens with zero attached hydrogens (tertiary/aromatic N) is 1. The summed E-state index contributed by atoms with van der Waals surface area (Å²) in [6, 6.07) is 5.85. The van der Waals surface area contributed by atoms with E-state index in [2.05, 4.69) is 15.6 Å². The van der Waals surface area contributed by atoms with Crippen LogP contribution in [-0.4, -0.2) is 23.3 Å². The van der Waals surface area contributed by atoms with E-state index < -0.39 is 0 Å². The van der Waals surface area contributed by atoms with Crippen molar-refractivity contribution in [3.63, 3.8) is 0 Å². The molecule has 21 heavy (non-hydrogen) atoms. The molecule has 1 heterocycles. The molecule has 0 atom stereocenters. The summed E-state index contributed by atoms with van der Waals surface area (Å²) in [7, 11) is 0. The zero-order chi connectivity index (χ0) is 15.2. The third kappa shape index (κ3) is 4.09. The van der Waals surface area contributed by atoms with Crippen molar-refractivity contribution in [3.8, 4) is 0 Å². The number of rotatable bonds is 5. The smallest absolute Gasteiger partial charge is 0.280 e. The van der Waals surface area contributed by atoms with Crippen molar-refractivity contribution in [1.29, 1.82) is 0 Å². The first-order valence-corrected chi connectivity index (χ1v) is 7.24. The van der Waals surface area contributed by atoms with Gasteiger partial charge in [-0.15, -0.1) is 11.3 Å². The Labute approximate surface area is 125 Å². The van der Waals surface area contributed by atoms with Gasteiger partial charge in [-0.3, -0.25) is 9.59 Å². The average molecular weight is 307 g/mol. The molecule has 0 aliphatic rings. The van der Waals surface area contributed by atoms with Crippen LogP contribution in [0.2, 0.25) is 0 Å². The molecule has 2 aromatic rings. The first-order chi connectivity index (χ1) is 10.1. The molecule has 0 radical (unpaired) electrons. The number of carbonyl (C=O) groups excluding carboxylic acids is 2. The van der Waals surface area contributed by atoms with Crippen LogP contribution in [0.1, 0.15) is 32.8 Å². The van der Waals surface area contributed by atoms with Crippen LogP contribution in [-0.2, 0) is 6.54 Å². The molecule has 1 aromatic carbocycles. The Morgan fingerprint density at radius 2 is 1.90 bits per heavy atom. The fraction of sp³-hybridized carbons (Fsp3) is 0.214. The maximum atomic E-state index is 12.8. The molecule has 0 saturated carbocycles. The van der Waals surface area contributed by atoms with Crippen molar-refractivity contribution in [2.24, 2.45) is 0 Å². The van der Waals surface area contributed by atoms with Gasteiger partial charge in [0, 0.05) is 18.5 Å². The summed E-state index contributed by atoms with van der Waals surface area (Å²) in [6.07, 6.45) is 0. The van der Waals surface area contributed by atoms with E-state index >= 15 is 0 Å². The molecular formula is C14H14FN3O2S. The third-order valence-electron chi connectivity index (χ3n) is 2.63. The number of hydrogen-bond donors (Lipinski definition) is 2. The Kier molecular flexibility index (Phi) is 4.99. The Morgan fingerprint density at radius 1 is 1.19 bits per heavy atom. The quantitative estimate of drug-likeness (QED) is 0.887. The summed E-state index contributed by atoms with van der Waals surface area (Å²) >= 11 is 1.12. The van der Waals surface area contributed by atoms with Crippen molar-refractivity contribution in [1.82, 2.24) is 15.6 Å². The number of hydrogen-bond acceptors (Lipinski definition) is 4. The number of halogens is 1. The first kappa shape index (κ1) is 15.1. The van der Waals surface area contributed by atoms with Crippen LogP contribution in [0.4, 0.5) is 4.39 Å². The van der Waals surface area contributed by atoms with Gasteiger partial charge in [0.15, 0.2) is 5.01 Å². The minimum atomic E-state index is -0.369. The highest BCUT2D eigenvalue weighted by Crippen LogP contribution is 2.10. The summed E-state index contributed by atoms with van der Waals surface area (Å²) in [5.41, 5.74) is 0.979. The fourth-order valence-corrected chi connectivity index (χ4v) is 2.31. The van der Waals surface area contributed by atoms with E-state index in [-0.39, 0.29) is 34.9 Å². The van der Waals surface area contributed by atoms with E-state index in [1.165, 1.54) is 17.5 Å². The standard InChI is InChI=1S/C14H14FN3O2S/c1-2-16-13(20)14-18-11(8-21-14)12(19)17-7-9-3-5-10(15)6-4-9/h3-6,8H,2,7H2,1H3,(H,16,20)(H,17,19). The largest absolute Gasteiger partial charge is 0.350 e. The predicted molar refractivity (Wildman–Crippen MR) is 77.7 cm³/mol. The molecule has 0 spiro atoms. The molecule has 7 heteroatoms. The number of benzene rings is 1. The first-order valence-electron chi connectivity index (χ1n) is 6.36. The van der Waals surface area contributed by atoms with Crippen LogP contribution in [0.3, 0.4) is 0 Å². The Hall–Kier alpha value is -2.28. The Bertz CT molecular complexity index is 640. The number of amides is 2. The topological polar surface area (TPSA) is 71.1 Å². The molecule has 2 rings (SSSR count). The Morgan fingerprint density at radius 3 is 2.57 bits per heavy atom. The Balaban J connectivity index is 1.94. The molecule has 0 aliphatic carbocycles. The van der Waals surface area contributed by atoms with Gasteiger partial charge in [0.05, 0.1) is 0 Å². The summed E-state index contributed by atoms with van der Waals surface area (Å²) in [5, 5.41) is 7.07. The average Bonchev–Trinajstić information content (AvgIpc) is 2.96. The number of aromatic nitrogens is 1. The molecule has 5 nitrogen and oxygen atoms in total. The predicted octanol–water partition coefficient (Wildman–Crippen LogP) is 1.96. The van der Waals surface area contributed by atoms with Gasteiger partial charge in [-0.05, 0) is 24.6 Å². The van der Waals surface area contributed by atoms with Gasteiger partial charge in [-0.1, -0.05) is 12.1 Å². The zero-order valence-corrected chi connectivity index (χ0v) is 12.2. The molecule has 2 N–H and O–H groups in total. The highest BCUT2D eigenvalue weighted by molar-refractivity contribution is 7.11. The second-order valence-corrected chi connectivity index (χ2v) is 5.06. The van der Waals surface area contributed by atoms with Gasteiger partial charge in [0.25, 0.3) is 11.8 Å². The fourth-order valence-electron chi connectivity index (χ4n) is 1.59. The highest BCUT2D eigenvalue weighted by atomic mass is 32.1. The lowest BCUT2D eigenvalue weighted by Gasteiger charge is -2.03. The maximum absolute atomic E-state index is 12.8. The van der Waals surface area contributed by atoms with Crippen molar-refractivity contribution in [3.05, 3.63) is 51.7 Å². The minimum Gasteiger partial charge on any atom is -0.350 e. The number of nitrogens with one attached hydrogen (secondary N) is 2. The lowest BCUT2D eigenvalue weighted by molar-refractivity contribution is 0.0946. The van der Waals surface area contributed by atoms with E-state index in [1.807, 2.05) is 6.92 Å². The number of carbonyl (C=O) groups is 2. The van der Waals surface area contributed by atoms with Gasteiger partial charge >= 0.3 is 0 Å². The van der Waals surface area contributed by atoms with Gasteiger partial charge in [0.1, 0.15) is 11.5 Å². The lowest BCUT2D eigenvalue weighted by atomic mass is 10.2. The van der Waals surface area contributed by atoms with Crippen LogP contribution >= 0.6 is 11.3 Å². The molecule has 2 amide bonds. The van der Waals surface area contributed by atoms with Gasteiger partial charge < -0.3 is 10.6 Å². The summed E-state index contributed by atoms with van der Waals surface area (Å²) < 4.78 is 12.8. The third-order valence-corrected chi connectivity index (χ3v) is 3.48. The van der Waals surface area contributed by atoms with Crippen molar-refractivity contribution >= 4 is 23.2 Å². The zero-order valence-electron chi connectivity index (χ0n) is 11.4. The van der Waals surface area contributed by atoms with Crippen LogP contribution in [0.5, 0.6) is 0 Å². The summed E-state index contributed by atoms with van der Waals surface area (Å²) in [5.74, 6) is -0.984. The van der Waals surface area contributed by atoms with Crippen LogP contribution < -0.4 is 10.6 Å². The molecule has 0 saturated heterocycles. The van der Waals surface area contributed by atoms with Crippen LogP contribution in [0.25, 0.3) is 0 Å². The van der Waals surface area contributed by atoms with E-state index in [0.29, 0.717) is 6.54 Å². The summed E-state index contributed by atoms with van der Waals surface area (Å²) in [4.78, 5) is 27.5. The molecule has 0 fully saturated rings. The monoisotopic (exact) mass is 307 g/mol. The number of thiazole rings is 1. The van der Waals surface area contributed by atoms with Crippen molar-refractivity contribution < 1.29 is 14.0 Å². The second-order valence-electron chi connectivity index (χ2n) is 4.21. The van der Waals surface area contributed by atoms with E-state index in [1.54, 1.807) is 12.1 Å². The molecule has 1 aromatic heterocycles. The lowest BCUT2D eigenvalue weighted by Crippen LogP contribution is -2.25. The molecular weight excluding hydrogens is 293 g/mol. The van der Waals surface area contributed by atoms with E-state index in [9.17, 15) is 14.0 Å². The van der Waals surface area contributed by atoms with Gasteiger partial charge in [0.2, 0.25) is 0 Å². The summed E-state index contributed by atoms with van der Waals surface area (Å²) in [6.45, 7) is 2.58. The van der Waals surface area contributed by atoms with Crippen molar-refractivity contribution in [2.45, 2.75) is 13.5 Å². The molecule has 110 valence electrons. The molecule has 0 bridgehead atoms. The van der Waals surface area contributed by atoms with E-state index in [0.717, 1.165) is 16.9 Å². The second kappa shape index (κ2) is 6.94. The SMILES string of the molecule is CCNC(=O)c1nc(C(=O)NCc2ccc(F)cc2)cs1. The molecule has 0 aliphatic heterocycles. The van der Waals surface area contributed by atoms with E-state index in [4.69, 9.17) is 0 Å². The van der Waals surface area contributed by atoms with Crippen LogP contribution in [0, 0.1) is 5.82 Å². The maximum Gasteiger partial charge on any atom is 0.280 e. The highest BCUT2D eigenvalue weighted by Gasteiger charge is 2.14. The van der Waals surface area contributed by atoms with Crippen LogP contribution in [0.15, 0.2) is 29.6 Å². The normalized spacial score (nSPS) is 10.2. The van der Waals surface area contributed by atoms with Gasteiger partial charge in [-0.25, -0.2) is 9.37 Å². The minimum absolute atomic E-state index is 0.198.